The van der Waals surface area contributed by atoms with Crippen LogP contribution in [0.15, 0.2) is 34.9 Å². The summed E-state index contributed by atoms with van der Waals surface area (Å²) in [6.07, 6.45) is -3.09. The van der Waals surface area contributed by atoms with Crippen LogP contribution in [0.25, 0.3) is 22.4 Å². The Morgan fingerprint density at radius 2 is 2.00 bits per heavy atom. The summed E-state index contributed by atoms with van der Waals surface area (Å²) in [6.45, 7) is 1.82. The van der Waals surface area contributed by atoms with Gasteiger partial charge in [0.2, 0.25) is 0 Å². The topological polar surface area (TPSA) is 118 Å². The molecule has 35 heavy (non-hydrogen) atoms. The molecule has 1 amide bonds. The first-order valence-corrected chi connectivity index (χ1v) is 11.1. The van der Waals surface area contributed by atoms with Gasteiger partial charge in [-0.3, -0.25) is 9.88 Å². The predicted octanol–water partition coefficient (Wildman–Crippen LogP) is 4.02. The number of hydrogen-bond donors (Lipinski definition) is 1. The van der Waals surface area contributed by atoms with Crippen LogP contribution >= 0.6 is 11.6 Å². The van der Waals surface area contributed by atoms with Gasteiger partial charge in [-0.1, -0.05) is 11.6 Å². The third kappa shape index (κ3) is 4.07. The number of nitrogens with zero attached hydrogens (tertiary/aromatic N) is 4. The largest absolute Gasteiger partial charge is 0.502 e. The fourth-order valence-corrected chi connectivity index (χ4v) is 4.51. The second-order valence-corrected chi connectivity index (χ2v) is 8.56. The molecule has 0 spiro atoms. The molecule has 5 heterocycles. The average Bonchev–Trinajstić information content (AvgIpc) is 3.26. The Labute approximate surface area is 202 Å². The van der Waals surface area contributed by atoms with E-state index < -0.39 is 18.2 Å². The summed E-state index contributed by atoms with van der Waals surface area (Å²) >= 11 is 5.93. The monoisotopic (exact) mass is 508 g/mol. The number of esters is 1. The molecule has 13 heteroatoms. The Morgan fingerprint density at radius 1 is 1.26 bits per heavy atom. The van der Waals surface area contributed by atoms with Crippen LogP contribution in [0.3, 0.4) is 0 Å². The third-order valence-corrected chi connectivity index (χ3v) is 6.16. The predicted molar refractivity (Wildman–Crippen MR) is 119 cm³/mol. The van der Waals surface area contributed by atoms with Crippen LogP contribution in [0.2, 0.25) is 5.02 Å². The number of oxazole rings is 1. The van der Waals surface area contributed by atoms with Gasteiger partial charge in [-0.25, -0.2) is 9.59 Å². The number of hydrogen-bond acceptors (Lipinski definition) is 8. The van der Waals surface area contributed by atoms with Gasteiger partial charge in [-0.05, 0) is 37.6 Å². The summed E-state index contributed by atoms with van der Waals surface area (Å²) < 4.78 is 43.9. The van der Waals surface area contributed by atoms with E-state index in [2.05, 4.69) is 14.7 Å². The lowest BCUT2D eigenvalue weighted by molar-refractivity contribution is -0.216. The van der Waals surface area contributed by atoms with Crippen molar-refractivity contribution in [3.63, 3.8) is 0 Å². The molecule has 0 radical (unpaired) electrons. The first kappa shape index (κ1) is 23.1. The zero-order valence-electron chi connectivity index (χ0n) is 18.3. The van der Waals surface area contributed by atoms with Crippen LogP contribution in [0.5, 0.6) is 5.75 Å². The molecule has 0 aliphatic carbocycles. The number of piperazine rings is 1. The quantitative estimate of drug-likeness (QED) is 0.492. The molecule has 0 saturated carbocycles. The Hall–Kier alpha value is -3.67. The number of rotatable bonds is 6. The second kappa shape index (κ2) is 8.52. The van der Waals surface area contributed by atoms with Gasteiger partial charge in [0.1, 0.15) is 0 Å². The summed E-state index contributed by atoms with van der Waals surface area (Å²) in [5.74, 6) is -2.22. The van der Waals surface area contributed by atoms with Crippen LogP contribution in [-0.4, -0.2) is 69.9 Å². The smallest absolute Gasteiger partial charge is 0.465 e. The molecule has 184 valence electrons. The van der Waals surface area contributed by atoms with Crippen molar-refractivity contribution >= 4 is 40.8 Å². The van der Waals surface area contributed by atoms with Gasteiger partial charge >= 0.3 is 18.2 Å². The molecule has 2 unspecified atom stereocenters. The van der Waals surface area contributed by atoms with Crippen molar-refractivity contribution < 1.29 is 37.4 Å². The number of fused-ring (bicyclic) bond motifs is 3. The maximum absolute atomic E-state index is 14.4. The minimum absolute atomic E-state index is 0.0486. The van der Waals surface area contributed by atoms with E-state index in [1.54, 1.807) is 17.0 Å². The lowest BCUT2D eigenvalue weighted by Crippen LogP contribution is -2.70. The molecule has 3 saturated heterocycles. The number of halogens is 3. The number of carbonyl (C=O) groups is 2. The Bertz CT molecular complexity index is 1290. The van der Waals surface area contributed by atoms with Crippen molar-refractivity contribution in [1.29, 1.82) is 0 Å². The maximum Gasteiger partial charge on any atom is 0.502 e. The SMILES string of the molecule is CCOC(=O)C(F)(F)Oc1ccc(-c2ccc(Cl)cn2)c2oc(N3CC4CC(C3)N4C(=O)O)nc12. The number of carbonyl (C=O) groups excluding carboxylic acids is 1. The maximum atomic E-state index is 14.4. The minimum atomic E-state index is -4.25. The molecular weight excluding hydrogens is 490 g/mol. The number of pyridine rings is 1. The summed E-state index contributed by atoms with van der Waals surface area (Å²) in [4.78, 5) is 34.9. The van der Waals surface area contributed by atoms with E-state index in [0.29, 0.717) is 29.4 Å². The molecule has 1 N–H and O–H groups in total. The van der Waals surface area contributed by atoms with Crippen molar-refractivity contribution in [2.75, 3.05) is 24.6 Å². The Morgan fingerprint density at radius 3 is 2.63 bits per heavy atom. The highest BCUT2D eigenvalue weighted by atomic mass is 35.5. The average molecular weight is 509 g/mol. The number of benzene rings is 1. The molecule has 3 aliphatic rings. The van der Waals surface area contributed by atoms with E-state index in [9.17, 15) is 23.5 Å². The van der Waals surface area contributed by atoms with E-state index in [1.165, 1.54) is 30.2 Å². The summed E-state index contributed by atoms with van der Waals surface area (Å²) in [5, 5.41) is 9.76. The van der Waals surface area contributed by atoms with E-state index in [-0.39, 0.29) is 41.6 Å². The number of aromatic nitrogens is 2. The van der Waals surface area contributed by atoms with E-state index in [1.807, 2.05) is 0 Å². The molecule has 3 fully saturated rings. The highest BCUT2D eigenvalue weighted by Gasteiger charge is 2.49. The minimum Gasteiger partial charge on any atom is -0.465 e. The van der Waals surface area contributed by atoms with Crippen molar-refractivity contribution in [3.05, 3.63) is 35.5 Å². The van der Waals surface area contributed by atoms with E-state index in [0.717, 1.165) is 6.42 Å². The summed E-state index contributed by atoms with van der Waals surface area (Å²) in [5.41, 5.74) is 0.953. The molecule has 1 aromatic carbocycles. The first-order chi connectivity index (χ1) is 16.7. The molecule has 3 aliphatic heterocycles. The number of alkyl halides is 2. The molecule has 6 rings (SSSR count). The van der Waals surface area contributed by atoms with Gasteiger partial charge < -0.3 is 23.9 Å². The van der Waals surface area contributed by atoms with Gasteiger partial charge in [-0.15, -0.1) is 0 Å². The second-order valence-electron chi connectivity index (χ2n) is 8.12. The normalized spacial score (nSPS) is 19.4. The van der Waals surface area contributed by atoms with Gasteiger partial charge in [0, 0.05) is 24.8 Å². The van der Waals surface area contributed by atoms with Gasteiger partial charge in [0.15, 0.2) is 16.8 Å². The van der Waals surface area contributed by atoms with Crippen LogP contribution in [0.1, 0.15) is 13.3 Å². The number of carboxylic acid groups (broad SMARTS) is 1. The Balaban J connectivity index is 1.54. The zero-order chi connectivity index (χ0) is 24.9. The van der Waals surface area contributed by atoms with Gasteiger partial charge in [0.05, 0.1) is 29.4 Å². The number of piperidine rings is 1. The highest BCUT2D eigenvalue weighted by Crippen LogP contribution is 2.40. The first-order valence-electron chi connectivity index (χ1n) is 10.7. The lowest BCUT2D eigenvalue weighted by Gasteiger charge is -2.54. The number of amides is 1. The summed E-state index contributed by atoms with van der Waals surface area (Å²) in [7, 11) is 0. The van der Waals surface area contributed by atoms with Crippen LogP contribution in [0, 0.1) is 0 Å². The summed E-state index contributed by atoms with van der Waals surface area (Å²) in [6, 6.07) is 5.63. The van der Waals surface area contributed by atoms with Crippen LogP contribution < -0.4 is 9.64 Å². The number of ether oxygens (including phenoxy) is 2. The fraction of sp³-hybridized carbons (Fsp3) is 0.364. The Kier molecular flexibility index (Phi) is 5.62. The van der Waals surface area contributed by atoms with Crippen LogP contribution in [0.4, 0.5) is 19.6 Å². The van der Waals surface area contributed by atoms with Crippen molar-refractivity contribution in [1.82, 2.24) is 14.9 Å². The highest BCUT2D eigenvalue weighted by molar-refractivity contribution is 6.30. The van der Waals surface area contributed by atoms with Crippen molar-refractivity contribution in [3.8, 4) is 17.0 Å². The van der Waals surface area contributed by atoms with E-state index >= 15 is 0 Å². The lowest BCUT2D eigenvalue weighted by atomic mass is 9.88. The van der Waals surface area contributed by atoms with E-state index in [4.69, 9.17) is 20.8 Å². The molecular formula is C22H19ClF2N4O6. The molecule has 2 bridgehead atoms. The third-order valence-electron chi connectivity index (χ3n) is 5.93. The molecule has 10 nitrogen and oxygen atoms in total. The fourth-order valence-electron chi connectivity index (χ4n) is 4.40. The standard InChI is InChI=1S/C22H19ClF2N4O6/c1-2-33-19(30)22(24,25)35-16-6-4-14(15-5-3-11(23)8-26-15)18-17(16)27-20(34-18)28-9-12-7-13(10-28)29(12)21(31)32/h3-6,8,12-13H,2,7,9-10H2,1H3,(H,31,32). The molecule has 2 atom stereocenters. The van der Waals surface area contributed by atoms with Gasteiger partial charge in [-0.2, -0.15) is 13.8 Å². The van der Waals surface area contributed by atoms with Crippen molar-refractivity contribution in [2.24, 2.45) is 0 Å². The van der Waals surface area contributed by atoms with Crippen LogP contribution in [-0.2, 0) is 9.53 Å². The zero-order valence-corrected chi connectivity index (χ0v) is 19.0. The van der Waals surface area contributed by atoms with Gasteiger partial charge in [0.25, 0.3) is 6.01 Å². The molecule has 2 aromatic heterocycles. The number of anilines is 1. The van der Waals surface area contributed by atoms with Crippen molar-refractivity contribution in [2.45, 2.75) is 31.5 Å². The molecule has 3 aromatic rings.